The van der Waals surface area contributed by atoms with E-state index >= 15 is 0 Å². The summed E-state index contributed by atoms with van der Waals surface area (Å²) in [6.07, 6.45) is 0. The Bertz CT molecular complexity index is 707. The van der Waals surface area contributed by atoms with Crippen LogP contribution in [-0.4, -0.2) is 31.0 Å². The number of nitrogens with one attached hydrogen (secondary N) is 1. The topological polar surface area (TPSA) is 41.6 Å². The van der Waals surface area contributed by atoms with Gasteiger partial charge in [0, 0.05) is 6.54 Å². The minimum Gasteiger partial charge on any atom is -0.497 e. The smallest absolute Gasteiger partial charge is 0.241 e. The molecular weight excluding hydrogens is 331 g/mol. The van der Waals surface area contributed by atoms with Crippen molar-refractivity contribution in [2.75, 3.05) is 19.5 Å². The van der Waals surface area contributed by atoms with Crippen molar-refractivity contribution >= 4 is 23.2 Å². The van der Waals surface area contributed by atoms with Crippen molar-refractivity contribution in [3.63, 3.8) is 0 Å². The van der Waals surface area contributed by atoms with Crippen molar-refractivity contribution in [1.82, 2.24) is 4.90 Å². The van der Waals surface area contributed by atoms with Crippen molar-refractivity contribution in [2.24, 2.45) is 0 Å². The molecule has 4 nitrogen and oxygen atoms in total. The maximum Gasteiger partial charge on any atom is 0.241 e. The van der Waals surface area contributed by atoms with E-state index in [-0.39, 0.29) is 17.0 Å². The van der Waals surface area contributed by atoms with Crippen LogP contribution in [0, 0.1) is 5.82 Å². The summed E-state index contributed by atoms with van der Waals surface area (Å²) in [5.74, 6) is 0.139. The Hall–Kier alpha value is -2.11. The highest BCUT2D eigenvalue weighted by Gasteiger charge is 2.19. The second-order valence-electron chi connectivity index (χ2n) is 5.55. The lowest BCUT2D eigenvalue weighted by molar-refractivity contribution is -0.120. The zero-order valence-corrected chi connectivity index (χ0v) is 14.6. The van der Waals surface area contributed by atoms with E-state index < -0.39 is 5.82 Å². The zero-order valence-electron chi connectivity index (χ0n) is 13.8. The van der Waals surface area contributed by atoms with E-state index in [9.17, 15) is 9.18 Å². The van der Waals surface area contributed by atoms with Gasteiger partial charge in [-0.05, 0) is 49.9 Å². The molecule has 2 rings (SSSR count). The molecule has 1 amide bonds. The van der Waals surface area contributed by atoms with E-state index in [2.05, 4.69) is 5.32 Å². The third-order valence-electron chi connectivity index (χ3n) is 3.82. The van der Waals surface area contributed by atoms with Crippen LogP contribution in [-0.2, 0) is 11.3 Å². The molecule has 0 saturated carbocycles. The third kappa shape index (κ3) is 4.69. The second kappa shape index (κ2) is 8.13. The van der Waals surface area contributed by atoms with Gasteiger partial charge >= 0.3 is 0 Å². The minimum absolute atomic E-state index is 0.174. The molecule has 6 heteroatoms. The van der Waals surface area contributed by atoms with Gasteiger partial charge in [0.1, 0.15) is 11.6 Å². The lowest BCUT2D eigenvalue weighted by Gasteiger charge is -2.24. The third-order valence-corrected chi connectivity index (χ3v) is 4.13. The predicted molar refractivity (Wildman–Crippen MR) is 94.0 cm³/mol. The number of rotatable bonds is 6. The number of nitrogens with zero attached hydrogens (tertiary/aromatic N) is 1. The van der Waals surface area contributed by atoms with Gasteiger partial charge in [-0.25, -0.2) is 4.39 Å². The first-order chi connectivity index (χ1) is 11.4. The highest BCUT2D eigenvalue weighted by molar-refractivity contribution is 6.33. The Labute approximate surface area is 146 Å². The standard InChI is InChI=1S/C18H20ClFN2O2/c1-12(18(23)21-17-9-6-14(20)10-16(17)19)22(2)11-13-4-7-15(24-3)8-5-13/h4-10,12H,11H2,1-3H3,(H,21,23). The van der Waals surface area contributed by atoms with Gasteiger partial charge in [0.15, 0.2) is 0 Å². The first kappa shape index (κ1) is 18.2. The molecule has 2 aromatic carbocycles. The number of hydrogen-bond acceptors (Lipinski definition) is 3. The van der Waals surface area contributed by atoms with Gasteiger partial charge in [-0.15, -0.1) is 0 Å². The largest absolute Gasteiger partial charge is 0.497 e. The Morgan fingerprint density at radius 2 is 1.96 bits per heavy atom. The monoisotopic (exact) mass is 350 g/mol. The summed E-state index contributed by atoms with van der Waals surface area (Å²) in [6, 6.07) is 11.2. The van der Waals surface area contributed by atoms with Crippen molar-refractivity contribution in [1.29, 1.82) is 0 Å². The molecule has 1 atom stereocenters. The summed E-state index contributed by atoms with van der Waals surface area (Å²) in [5, 5.41) is 2.90. The first-order valence-corrected chi connectivity index (χ1v) is 7.87. The molecule has 1 unspecified atom stereocenters. The summed E-state index contributed by atoms with van der Waals surface area (Å²) in [7, 11) is 3.48. The van der Waals surface area contributed by atoms with E-state index in [4.69, 9.17) is 16.3 Å². The maximum atomic E-state index is 13.1. The number of methoxy groups -OCH3 is 1. The first-order valence-electron chi connectivity index (χ1n) is 7.50. The zero-order chi connectivity index (χ0) is 17.7. The molecule has 0 aliphatic rings. The van der Waals surface area contributed by atoms with E-state index in [0.29, 0.717) is 12.2 Å². The number of amides is 1. The lowest BCUT2D eigenvalue weighted by Crippen LogP contribution is -2.39. The van der Waals surface area contributed by atoms with Crippen LogP contribution < -0.4 is 10.1 Å². The molecule has 0 spiro atoms. The summed E-state index contributed by atoms with van der Waals surface area (Å²) in [4.78, 5) is 14.3. The van der Waals surface area contributed by atoms with Gasteiger partial charge in [-0.3, -0.25) is 9.69 Å². The van der Waals surface area contributed by atoms with Crippen LogP contribution >= 0.6 is 11.6 Å². The van der Waals surface area contributed by atoms with Crippen molar-refractivity contribution in [2.45, 2.75) is 19.5 Å². The molecule has 1 N–H and O–H groups in total. The van der Waals surface area contributed by atoms with E-state index in [1.165, 1.54) is 18.2 Å². The molecule has 0 saturated heterocycles. The fourth-order valence-corrected chi connectivity index (χ4v) is 2.40. The molecule has 0 fully saturated rings. The number of ether oxygens (including phenoxy) is 1. The maximum absolute atomic E-state index is 13.1. The molecular formula is C18H20ClFN2O2. The van der Waals surface area contributed by atoms with E-state index in [1.807, 2.05) is 36.2 Å². The minimum atomic E-state index is -0.442. The van der Waals surface area contributed by atoms with Gasteiger partial charge < -0.3 is 10.1 Å². The quantitative estimate of drug-likeness (QED) is 0.857. The molecule has 0 aliphatic carbocycles. The van der Waals surface area contributed by atoms with Crippen LogP contribution in [0.3, 0.4) is 0 Å². The van der Waals surface area contributed by atoms with Gasteiger partial charge in [0.25, 0.3) is 0 Å². The molecule has 0 aromatic heterocycles. The van der Waals surface area contributed by atoms with Crippen LogP contribution in [0.4, 0.5) is 10.1 Å². The Morgan fingerprint density at radius 3 is 2.54 bits per heavy atom. The van der Waals surface area contributed by atoms with Crippen LogP contribution in [0.5, 0.6) is 5.75 Å². The predicted octanol–water partition coefficient (Wildman–Crippen LogP) is 3.95. The number of halogens is 2. The van der Waals surface area contributed by atoms with Crippen LogP contribution in [0.2, 0.25) is 5.02 Å². The van der Waals surface area contributed by atoms with Crippen LogP contribution in [0.15, 0.2) is 42.5 Å². The lowest BCUT2D eigenvalue weighted by atomic mass is 10.1. The van der Waals surface area contributed by atoms with Crippen LogP contribution in [0.25, 0.3) is 0 Å². The molecule has 128 valence electrons. The molecule has 24 heavy (non-hydrogen) atoms. The van der Waals surface area contributed by atoms with E-state index in [0.717, 1.165) is 11.3 Å². The summed E-state index contributed by atoms with van der Waals surface area (Å²) in [5.41, 5.74) is 1.46. The van der Waals surface area contributed by atoms with Crippen molar-refractivity contribution in [3.05, 3.63) is 58.9 Å². The number of carbonyl (C=O) groups excluding carboxylic acids is 1. The molecule has 0 radical (unpaired) electrons. The fraction of sp³-hybridized carbons (Fsp3) is 0.278. The van der Waals surface area contributed by atoms with Crippen molar-refractivity contribution in [3.8, 4) is 5.75 Å². The fourth-order valence-electron chi connectivity index (χ4n) is 2.18. The van der Waals surface area contributed by atoms with Gasteiger partial charge in [0.05, 0.1) is 23.9 Å². The van der Waals surface area contributed by atoms with Crippen molar-refractivity contribution < 1.29 is 13.9 Å². The number of anilines is 1. The van der Waals surface area contributed by atoms with Gasteiger partial charge in [-0.2, -0.15) is 0 Å². The molecule has 0 aliphatic heterocycles. The highest BCUT2D eigenvalue weighted by Crippen LogP contribution is 2.23. The molecule has 0 heterocycles. The SMILES string of the molecule is COc1ccc(CN(C)C(C)C(=O)Nc2ccc(F)cc2Cl)cc1. The highest BCUT2D eigenvalue weighted by atomic mass is 35.5. The normalized spacial score (nSPS) is 12.1. The number of hydrogen-bond donors (Lipinski definition) is 1. The number of likely N-dealkylation sites (N-methyl/N-ethyl adjacent to an activating group) is 1. The second-order valence-corrected chi connectivity index (χ2v) is 5.96. The summed E-state index contributed by atoms with van der Waals surface area (Å²) in [6.45, 7) is 2.41. The Kier molecular flexibility index (Phi) is 6.17. The summed E-state index contributed by atoms with van der Waals surface area (Å²) < 4.78 is 18.2. The van der Waals surface area contributed by atoms with Crippen LogP contribution in [0.1, 0.15) is 12.5 Å². The van der Waals surface area contributed by atoms with Gasteiger partial charge in [-0.1, -0.05) is 23.7 Å². The average molecular weight is 351 g/mol. The average Bonchev–Trinajstić information content (AvgIpc) is 2.57. The van der Waals surface area contributed by atoms with E-state index in [1.54, 1.807) is 14.0 Å². The van der Waals surface area contributed by atoms with Gasteiger partial charge in [0.2, 0.25) is 5.91 Å². The molecule has 2 aromatic rings. The number of carbonyl (C=O) groups is 1. The Balaban J connectivity index is 1.98. The number of benzene rings is 2. The summed E-state index contributed by atoms with van der Waals surface area (Å²) >= 11 is 5.94. The molecule has 0 bridgehead atoms. The Morgan fingerprint density at radius 1 is 1.29 bits per heavy atom.